The molecule has 0 amide bonds. The van der Waals surface area contributed by atoms with Crippen molar-refractivity contribution < 1.29 is 9.47 Å². The lowest BCUT2D eigenvalue weighted by molar-refractivity contribution is -0.146. The average Bonchev–Trinajstić information content (AvgIpc) is 2.78. The first kappa shape index (κ1) is 12.6. The molecule has 0 aliphatic carbocycles. The van der Waals surface area contributed by atoms with E-state index in [2.05, 4.69) is 48.6 Å². The average molecular weight is 256 g/mol. The standard InChI is InChI=1S/C17H20O2/c1-3-9-15(10-4-1)17(12-6-8-14-19-17)16-11-5-2-7-13-18-16/h1-4,6-10,16H,5,11-14H2/t16-,17+/m0/s1. The van der Waals surface area contributed by atoms with E-state index in [4.69, 9.17) is 9.47 Å². The van der Waals surface area contributed by atoms with Gasteiger partial charge in [-0.1, -0.05) is 54.6 Å². The summed E-state index contributed by atoms with van der Waals surface area (Å²) in [6, 6.07) is 10.5. The number of allylic oxidation sites excluding steroid dienone is 1. The molecule has 1 aromatic rings. The minimum absolute atomic E-state index is 0.120. The lowest BCUT2D eigenvalue weighted by Gasteiger charge is -2.41. The van der Waals surface area contributed by atoms with Crippen molar-refractivity contribution in [1.82, 2.24) is 0 Å². The van der Waals surface area contributed by atoms with E-state index in [0.717, 1.165) is 19.3 Å². The van der Waals surface area contributed by atoms with Crippen LogP contribution >= 0.6 is 0 Å². The normalized spacial score (nSPS) is 31.1. The van der Waals surface area contributed by atoms with Crippen molar-refractivity contribution in [3.05, 3.63) is 60.2 Å². The van der Waals surface area contributed by atoms with E-state index >= 15 is 0 Å². The summed E-state index contributed by atoms with van der Waals surface area (Å²) >= 11 is 0. The molecular weight excluding hydrogens is 236 g/mol. The lowest BCUT2D eigenvalue weighted by Crippen LogP contribution is -2.44. The second-order valence-corrected chi connectivity index (χ2v) is 5.11. The van der Waals surface area contributed by atoms with E-state index in [9.17, 15) is 0 Å². The number of rotatable bonds is 2. The fraction of sp³-hybridized carbons (Fsp3) is 0.412. The van der Waals surface area contributed by atoms with Crippen molar-refractivity contribution in [2.75, 3.05) is 13.2 Å². The zero-order valence-electron chi connectivity index (χ0n) is 11.1. The summed E-state index contributed by atoms with van der Waals surface area (Å²) in [7, 11) is 0. The van der Waals surface area contributed by atoms with E-state index in [1.165, 1.54) is 5.56 Å². The Kier molecular flexibility index (Phi) is 3.81. The van der Waals surface area contributed by atoms with Crippen molar-refractivity contribution in [3.63, 3.8) is 0 Å². The van der Waals surface area contributed by atoms with Crippen LogP contribution in [0.2, 0.25) is 0 Å². The highest BCUT2D eigenvalue weighted by Gasteiger charge is 2.42. The minimum Gasteiger partial charge on any atom is -0.371 e. The van der Waals surface area contributed by atoms with Crippen LogP contribution in [0.15, 0.2) is 54.6 Å². The molecule has 1 aromatic carbocycles. The van der Waals surface area contributed by atoms with Crippen molar-refractivity contribution in [2.45, 2.75) is 31.0 Å². The molecule has 0 saturated carbocycles. The van der Waals surface area contributed by atoms with Crippen LogP contribution in [0.1, 0.15) is 24.8 Å². The Hall–Kier alpha value is -1.38. The number of hydrogen-bond donors (Lipinski definition) is 0. The summed E-state index contributed by atoms with van der Waals surface area (Å²) in [5.74, 6) is 0. The van der Waals surface area contributed by atoms with Crippen LogP contribution in [0.4, 0.5) is 0 Å². The van der Waals surface area contributed by atoms with Gasteiger partial charge < -0.3 is 9.47 Å². The maximum atomic E-state index is 6.21. The predicted molar refractivity (Wildman–Crippen MR) is 75.9 cm³/mol. The Morgan fingerprint density at radius 1 is 0.947 bits per heavy atom. The summed E-state index contributed by atoms with van der Waals surface area (Å²) in [6.07, 6.45) is 11.7. The van der Waals surface area contributed by atoms with Gasteiger partial charge in [0.15, 0.2) is 0 Å². The Morgan fingerprint density at radius 3 is 2.58 bits per heavy atom. The molecule has 0 radical (unpaired) electrons. The second kappa shape index (κ2) is 5.72. The zero-order chi connectivity index (χ0) is 13.0. The Morgan fingerprint density at radius 2 is 1.79 bits per heavy atom. The van der Waals surface area contributed by atoms with Crippen molar-refractivity contribution in [3.8, 4) is 0 Å². The van der Waals surface area contributed by atoms with Crippen LogP contribution in [-0.4, -0.2) is 19.3 Å². The summed E-state index contributed by atoms with van der Waals surface area (Å²) in [4.78, 5) is 0. The third kappa shape index (κ3) is 2.51. The van der Waals surface area contributed by atoms with Crippen LogP contribution in [0.25, 0.3) is 0 Å². The number of benzene rings is 1. The van der Waals surface area contributed by atoms with Crippen molar-refractivity contribution in [2.24, 2.45) is 0 Å². The van der Waals surface area contributed by atoms with Gasteiger partial charge in [-0.3, -0.25) is 0 Å². The van der Waals surface area contributed by atoms with Gasteiger partial charge in [-0.15, -0.1) is 0 Å². The van der Waals surface area contributed by atoms with E-state index < -0.39 is 0 Å². The first-order valence-corrected chi connectivity index (χ1v) is 7.03. The smallest absolute Gasteiger partial charge is 0.123 e. The molecule has 2 heteroatoms. The third-order valence-corrected chi connectivity index (χ3v) is 3.96. The Bertz CT molecular complexity index is 453. The Balaban J connectivity index is 1.94. The van der Waals surface area contributed by atoms with Gasteiger partial charge in [0.05, 0.1) is 19.3 Å². The fourth-order valence-corrected chi connectivity index (χ4v) is 2.97. The summed E-state index contributed by atoms with van der Waals surface area (Å²) in [5, 5.41) is 0. The van der Waals surface area contributed by atoms with Crippen LogP contribution in [0.3, 0.4) is 0 Å². The molecule has 2 heterocycles. The molecule has 19 heavy (non-hydrogen) atoms. The molecule has 2 atom stereocenters. The maximum absolute atomic E-state index is 6.21. The molecule has 0 unspecified atom stereocenters. The molecule has 100 valence electrons. The number of ether oxygens (including phenoxy) is 2. The summed E-state index contributed by atoms with van der Waals surface area (Å²) in [6.45, 7) is 1.36. The van der Waals surface area contributed by atoms with Crippen LogP contribution in [0, 0.1) is 0 Å². The molecule has 2 aliphatic heterocycles. The monoisotopic (exact) mass is 256 g/mol. The quantitative estimate of drug-likeness (QED) is 0.753. The second-order valence-electron chi connectivity index (χ2n) is 5.11. The van der Waals surface area contributed by atoms with Gasteiger partial charge >= 0.3 is 0 Å². The van der Waals surface area contributed by atoms with Gasteiger partial charge in [-0.2, -0.15) is 0 Å². The first-order valence-electron chi connectivity index (χ1n) is 7.03. The van der Waals surface area contributed by atoms with Crippen molar-refractivity contribution in [1.29, 1.82) is 0 Å². The Labute approximate surface area is 114 Å². The molecule has 2 aliphatic rings. The van der Waals surface area contributed by atoms with E-state index in [1.54, 1.807) is 0 Å². The highest BCUT2D eigenvalue weighted by Crippen LogP contribution is 2.39. The molecule has 3 rings (SSSR count). The SMILES string of the molecule is C1=CCO[C@H]([C@]2(c3ccccc3)CC=CCO2)CC1. The zero-order valence-corrected chi connectivity index (χ0v) is 11.1. The molecule has 2 nitrogen and oxygen atoms in total. The summed E-state index contributed by atoms with van der Waals surface area (Å²) in [5.41, 5.74) is 0.911. The highest BCUT2D eigenvalue weighted by molar-refractivity contribution is 5.27. The minimum atomic E-state index is -0.317. The highest BCUT2D eigenvalue weighted by atomic mass is 16.5. The molecular formula is C17H20O2. The van der Waals surface area contributed by atoms with Gasteiger partial charge in [0.25, 0.3) is 0 Å². The van der Waals surface area contributed by atoms with Gasteiger partial charge in [-0.25, -0.2) is 0 Å². The van der Waals surface area contributed by atoms with Gasteiger partial charge in [0, 0.05) is 6.42 Å². The topological polar surface area (TPSA) is 18.5 Å². The summed E-state index contributed by atoms with van der Waals surface area (Å²) < 4.78 is 12.3. The first-order chi connectivity index (χ1) is 9.42. The molecule has 0 aromatic heterocycles. The molecule has 0 spiro atoms. The van der Waals surface area contributed by atoms with Crippen LogP contribution in [0.5, 0.6) is 0 Å². The van der Waals surface area contributed by atoms with Crippen LogP contribution < -0.4 is 0 Å². The predicted octanol–water partition coefficient (Wildman–Crippen LogP) is 3.59. The van der Waals surface area contributed by atoms with E-state index in [-0.39, 0.29) is 11.7 Å². The molecule has 0 saturated heterocycles. The van der Waals surface area contributed by atoms with E-state index in [1.807, 2.05) is 6.07 Å². The van der Waals surface area contributed by atoms with Crippen LogP contribution in [-0.2, 0) is 15.1 Å². The van der Waals surface area contributed by atoms with Gasteiger partial charge in [0.2, 0.25) is 0 Å². The van der Waals surface area contributed by atoms with Gasteiger partial charge in [-0.05, 0) is 18.4 Å². The largest absolute Gasteiger partial charge is 0.371 e. The maximum Gasteiger partial charge on any atom is 0.123 e. The lowest BCUT2D eigenvalue weighted by atomic mass is 9.81. The molecule has 0 bridgehead atoms. The molecule has 0 fully saturated rings. The van der Waals surface area contributed by atoms with E-state index in [0.29, 0.717) is 13.2 Å². The van der Waals surface area contributed by atoms with Gasteiger partial charge in [0.1, 0.15) is 5.60 Å². The number of hydrogen-bond acceptors (Lipinski definition) is 2. The van der Waals surface area contributed by atoms with Crippen molar-refractivity contribution >= 4 is 0 Å². The fourth-order valence-electron chi connectivity index (χ4n) is 2.97. The molecule has 0 N–H and O–H groups in total. The third-order valence-electron chi connectivity index (χ3n) is 3.96.